The van der Waals surface area contributed by atoms with E-state index in [1.54, 1.807) is 18.7 Å². The molecule has 21 heavy (non-hydrogen) atoms. The number of nitrogens with one attached hydrogen (secondary N) is 1. The number of rotatable bonds is 6. The number of aliphatic hydroxyl groups is 1. The maximum absolute atomic E-state index is 11.8. The van der Waals surface area contributed by atoms with Gasteiger partial charge in [-0.3, -0.25) is 4.68 Å². The van der Waals surface area contributed by atoms with Crippen molar-refractivity contribution in [1.82, 2.24) is 15.1 Å². The number of carbonyl (C=O) groups is 1. The Kier molecular flexibility index (Phi) is 5.33. The van der Waals surface area contributed by atoms with Gasteiger partial charge in [-0.25, -0.2) is 4.79 Å². The molecular weight excluding hydrogens is 274 g/mol. The van der Waals surface area contributed by atoms with Crippen LogP contribution < -0.4 is 5.32 Å². The molecule has 0 aliphatic carbocycles. The van der Waals surface area contributed by atoms with Crippen molar-refractivity contribution in [2.75, 3.05) is 26.4 Å². The topological polar surface area (TPSA) is 85.6 Å². The van der Waals surface area contributed by atoms with Crippen LogP contribution in [0.4, 0.5) is 0 Å². The van der Waals surface area contributed by atoms with Crippen LogP contribution >= 0.6 is 0 Å². The fourth-order valence-corrected chi connectivity index (χ4v) is 2.39. The van der Waals surface area contributed by atoms with E-state index in [0.717, 1.165) is 5.69 Å². The summed E-state index contributed by atoms with van der Waals surface area (Å²) < 4.78 is 11.9. The average molecular weight is 297 g/mol. The second-order valence-electron chi connectivity index (χ2n) is 5.29. The van der Waals surface area contributed by atoms with Crippen molar-refractivity contribution in [3.05, 3.63) is 17.5 Å². The summed E-state index contributed by atoms with van der Waals surface area (Å²) in [6, 6.07) is 0. The van der Waals surface area contributed by atoms with Crippen LogP contribution in [-0.4, -0.2) is 52.8 Å². The Labute approximate surface area is 124 Å². The molecule has 1 saturated heterocycles. The Balaban J connectivity index is 1.93. The second kappa shape index (κ2) is 7.02. The summed E-state index contributed by atoms with van der Waals surface area (Å²) in [4.78, 5) is 11.8. The molecule has 0 unspecified atom stereocenters. The molecule has 7 nitrogen and oxygen atoms in total. The first-order valence-electron chi connectivity index (χ1n) is 7.24. The minimum Gasteiger partial charge on any atom is -0.462 e. The van der Waals surface area contributed by atoms with Gasteiger partial charge in [-0.15, -0.1) is 0 Å². The minimum atomic E-state index is -0.735. The van der Waals surface area contributed by atoms with Crippen molar-refractivity contribution in [2.45, 2.75) is 31.9 Å². The summed E-state index contributed by atoms with van der Waals surface area (Å²) in [5.74, 6) is -0.368. The summed E-state index contributed by atoms with van der Waals surface area (Å²) in [7, 11) is 1.78. The van der Waals surface area contributed by atoms with Crippen molar-refractivity contribution in [3.63, 3.8) is 0 Å². The Hall–Kier alpha value is -1.44. The Morgan fingerprint density at radius 1 is 1.57 bits per heavy atom. The highest BCUT2D eigenvalue weighted by atomic mass is 16.5. The predicted molar refractivity (Wildman–Crippen MR) is 75.9 cm³/mol. The van der Waals surface area contributed by atoms with Crippen LogP contribution in [0.15, 0.2) is 6.20 Å². The van der Waals surface area contributed by atoms with Gasteiger partial charge >= 0.3 is 5.97 Å². The zero-order valence-electron chi connectivity index (χ0n) is 12.6. The van der Waals surface area contributed by atoms with E-state index in [9.17, 15) is 9.90 Å². The zero-order valence-corrected chi connectivity index (χ0v) is 12.6. The molecule has 1 aromatic rings. The lowest BCUT2D eigenvalue weighted by Crippen LogP contribution is -2.45. The number of ether oxygens (including phenoxy) is 2. The first kappa shape index (κ1) is 15.9. The maximum Gasteiger partial charge on any atom is 0.341 e. The third-order valence-electron chi connectivity index (χ3n) is 3.73. The molecule has 0 bridgehead atoms. The highest BCUT2D eigenvalue weighted by molar-refractivity contribution is 5.90. The Morgan fingerprint density at radius 3 is 2.95 bits per heavy atom. The summed E-state index contributed by atoms with van der Waals surface area (Å²) >= 11 is 0. The number of nitrogens with zero attached hydrogens (tertiary/aromatic N) is 2. The quantitative estimate of drug-likeness (QED) is 0.731. The van der Waals surface area contributed by atoms with Gasteiger partial charge in [0.25, 0.3) is 0 Å². The molecule has 0 aromatic carbocycles. The maximum atomic E-state index is 11.8. The second-order valence-corrected chi connectivity index (χ2v) is 5.29. The molecule has 1 aromatic heterocycles. The predicted octanol–water partition coefficient (Wildman–Crippen LogP) is 0.228. The summed E-state index contributed by atoms with van der Waals surface area (Å²) in [5, 5.41) is 17.7. The summed E-state index contributed by atoms with van der Waals surface area (Å²) in [6.07, 6.45) is 2.75. The number of aromatic nitrogens is 2. The highest BCUT2D eigenvalue weighted by Gasteiger charge is 2.29. The largest absolute Gasteiger partial charge is 0.462 e. The van der Waals surface area contributed by atoms with Gasteiger partial charge in [0.15, 0.2) is 0 Å². The molecular formula is C14H23N3O4. The van der Waals surface area contributed by atoms with Gasteiger partial charge in [-0.2, -0.15) is 5.10 Å². The van der Waals surface area contributed by atoms with Crippen molar-refractivity contribution in [3.8, 4) is 0 Å². The number of aryl methyl sites for hydroxylation is 1. The third-order valence-corrected chi connectivity index (χ3v) is 3.73. The fourth-order valence-electron chi connectivity index (χ4n) is 2.39. The van der Waals surface area contributed by atoms with Crippen LogP contribution in [0.2, 0.25) is 0 Å². The van der Waals surface area contributed by atoms with E-state index in [0.29, 0.717) is 51.3 Å². The molecule has 118 valence electrons. The first-order chi connectivity index (χ1) is 10.1. The van der Waals surface area contributed by atoms with Gasteiger partial charge in [0.2, 0.25) is 0 Å². The first-order valence-corrected chi connectivity index (χ1v) is 7.24. The van der Waals surface area contributed by atoms with E-state index in [2.05, 4.69) is 10.4 Å². The van der Waals surface area contributed by atoms with Crippen LogP contribution in [0, 0.1) is 0 Å². The normalized spacial score (nSPS) is 17.7. The summed E-state index contributed by atoms with van der Waals surface area (Å²) in [5.41, 5.74) is 0.482. The third kappa shape index (κ3) is 4.03. The number of hydrogen-bond acceptors (Lipinski definition) is 6. The van der Waals surface area contributed by atoms with Gasteiger partial charge < -0.3 is 19.9 Å². The standard InChI is InChI=1S/C14H23N3O4/c1-3-21-13(18)11-8-16-17(2)12(11)9-15-10-14(19)4-6-20-7-5-14/h8,15,19H,3-7,9-10H2,1-2H3. The molecule has 1 aliphatic heterocycles. The molecule has 2 N–H and O–H groups in total. The van der Waals surface area contributed by atoms with Crippen LogP contribution in [-0.2, 0) is 23.1 Å². The molecule has 0 amide bonds. The van der Waals surface area contributed by atoms with Gasteiger partial charge in [0.05, 0.1) is 24.1 Å². The van der Waals surface area contributed by atoms with Gasteiger partial charge in [0, 0.05) is 46.2 Å². The monoisotopic (exact) mass is 297 g/mol. The Morgan fingerprint density at radius 2 is 2.29 bits per heavy atom. The minimum absolute atomic E-state index is 0.334. The summed E-state index contributed by atoms with van der Waals surface area (Å²) in [6.45, 7) is 4.18. The lowest BCUT2D eigenvalue weighted by molar-refractivity contribution is -0.0617. The van der Waals surface area contributed by atoms with Crippen molar-refractivity contribution in [1.29, 1.82) is 0 Å². The van der Waals surface area contributed by atoms with Crippen molar-refractivity contribution in [2.24, 2.45) is 7.05 Å². The highest BCUT2D eigenvalue weighted by Crippen LogP contribution is 2.19. The molecule has 1 fully saturated rings. The Bertz CT molecular complexity index is 481. The molecule has 0 spiro atoms. The van der Waals surface area contributed by atoms with E-state index in [-0.39, 0.29) is 5.97 Å². The van der Waals surface area contributed by atoms with E-state index >= 15 is 0 Å². The fraction of sp³-hybridized carbons (Fsp3) is 0.714. The van der Waals surface area contributed by atoms with Crippen molar-refractivity contribution < 1.29 is 19.4 Å². The molecule has 2 heterocycles. The van der Waals surface area contributed by atoms with Gasteiger partial charge in [-0.1, -0.05) is 0 Å². The molecule has 1 aliphatic rings. The van der Waals surface area contributed by atoms with Crippen LogP contribution in [0.1, 0.15) is 35.8 Å². The van der Waals surface area contributed by atoms with Crippen molar-refractivity contribution >= 4 is 5.97 Å². The zero-order chi connectivity index (χ0) is 15.3. The molecule has 0 atom stereocenters. The lowest BCUT2D eigenvalue weighted by Gasteiger charge is -2.32. The molecule has 0 saturated carbocycles. The van der Waals surface area contributed by atoms with E-state index in [1.807, 2.05) is 0 Å². The molecule has 2 rings (SSSR count). The SMILES string of the molecule is CCOC(=O)c1cnn(C)c1CNCC1(O)CCOCC1. The van der Waals surface area contributed by atoms with E-state index in [4.69, 9.17) is 9.47 Å². The van der Waals surface area contributed by atoms with E-state index in [1.165, 1.54) is 6.20 Å². The van der Waals surface area contributed by atoms with Crippen LogP contribution in [0.3, 0.4) is 0 Å². The van der Waals surface area contributed by atoms with Crippen LogP contribution in [0.25, 0.3) is 0 Å². The lowest BCUT2D eigenvalue weighted by atomic mass is 9.94. The number of hydrogen-bond donors (Lipinski definition) is 2. The molecule has 7 heteroatoms. The average Bonchev–Trinajstić information content (AvgIpc) is 2.81. The van der Waals surface area contributed by atoms with Crippen LogP contribution in [0.5, 0.6) is 0 Å². The number of carbonyl (C=O) groups excluding carboxylic acids is 1. The smallest absolute Gasteiger partial charge is 0.341 e. The van der Waals surface area contributed by atoms with Gasteiger partial charge in [-0.05, 0) is 6.92 Å². The van der Waals surface area contributed by atoms with E-state index < -0.39 is 5.60 Å². The van der Waals surface area contributed by atoms with Gasteiger partial charge in [0.1, 0.15) is 5.56 Å². The molecule has 0 radical (unpaired) electrons. The number of esters is 1.